The second-order valence-corrected chi connectivity index (χ2v) is 6.92. The molecule has 0 aromatic carbocycles. The van der Waals surface area contributed by atoms with E-state index in [2.05, 4.69) is 54.5 Å². The van der Waals surface area contributed by atoms with Gasteiger partial charge in [0.25, 0.3) is 0 Å². The van der Waals surface area contributed by atoms with Gasteiger partial charge < -0.3 is 4.74 Å². The molecule has 1 aliphatic rings. The Morgan fingerprint density at radius 3 is 2.14 bits per heavy atom. The molecule has 1 rings (SSSR count). The van der Waals surface area contributed by atoms with Gasteiger partial charge in [-0.25, -0.2) is 0 Å². The highest BCUT2D eigenvalue weighted by molar-refractivity contribution is 5.09. The second kappa shape index (κ2) is 10.9. The van der Waals surface area contributed by atoms with Gasteiger partial charge >= 0.3 is 0 Å². The Kier molecular flexibility index (Phi) is 10.6. The van der Waals surface area contributed by atoms with E-state index in [4.69, 9.17) is 4.74 Å². The third-order valence-corrected chi connectivity index (χ3v) is 4.21. The maximum absolute atomic E-state index is 6.02. The molecule has 0 radical (unpaired) electrons. The van der Waals surface area contributed by atoms with Gasteiger partial charge in [-0.3, -0.25) is 0 Å². The van der Waals surface area contributed by atoms with Gasteiger partial charge in [-0.15, -0.1) is 0 Å². The number of allylic oxidation sites excluding steroid dienone is 4. The predicted molar refractivity (Wildman–Crippen MR) is 95.6 cm³/mol. The first-order chi connectivity index (χ1) is 9.84. The van der Waals surface area contributed by atoms with Gasteiger partial charge in [0, 0.05) is 0 Å². The average Bonchev–Trinajstić information content (AvgIpc) is 2.41. The van der Waals surface area contributed by atoms with E-state index in [1.165, 1.54) is 43.3 Å². The van der Waals surface area contributed by atoms with Crippen LogP contribution >= 0.6 is 0 Å². The minimum absolute atomic E-state index is 0.0650. The summed E-state index contributed by atoms with van der Waals surface area (Å²) in [5.74, 6) is 1.14. The lowest BCUT2D eigenvalue weighted by Gasteiger charge is -2.35. The molecular formula is C20H38O. The second-order valence-electron chi connectivity index (χ2n) is 6.92. The molecule has 0 aliphatic carbocycles. The summed E-state index contributed by atoms with van der Waals surface area (Å²) in [6.45, 7) is 15.3. The molecule has 0 aromatic heterocycles. The van der Waals surface area contributed by atoms with E-state index in [-0.39, 0.29) is 5.60 Å². The molecule has 0 fully saturated rings. The van der Waals surface area contributed by atoms with Crippen LogP contribution in [0.4, 0.5) is 0 Å². The van der Waals surface area contributed by atoms with E-state index in [1.807, 2.05) is 0 Å². The van der Waals surface area contributed by atoms with Crippen LogP contribution in [0.2, 0.25) is 0 Å². The summed E-state index contributed by atoms with van der Waals surface area (Å²) in [5.41, 5.74) is 2.88. The van der Waals surface area contributed by atoms with Crippen LogP contribution in [0.15, 0.2) is 23.0 Å². The SMILES string of the molecule is CC(C)=CCCC1(C)CCC(C)=C(C)O1.CCCCCC. The molecule has 0 amide bonds. The van der Waals surface area contributed by atoms with Gasteiger partial charge in [-0.05, 0) is 65.9 Å². The van der Waals surface area contributed by atoms with Crippen LogP contribution in [0, 0.1) is 0 Å². The Balaban J connectivity index is 0.000000567. The minimum atomic E-state index is 0.0650. The van der Waals surface area contributed by atoms with Crippen molar-refractivity contribution in [2.24, 2.45) is 0 Å². The normalized spacial score (nSPS) is 21.3. The van der Waals surface area contributed by atoms with Gasteiger partial charge in [-0.1, -0.05) is 51.2 Å². The molecule has 0 bridgehead atoms. The smallest absolute Gasteiger partial charge is 0.106 e. The third-order valence-electron chi connectivity index (χ3n) is 4.21. The summed E-state index contributed by atoms with van der Waals surface area (Å²) >= 11 is 0. The lowest BCUT2D eigenvalue weighted by Crippen LogP contribution is -2.31. The summed E-state index contributed by atoms with van der Waals surface area (Å²) in [7, 11) is 0. The van der Waals surface area contributed by atoms with Gasteiger partial charge in [0.1, 0.15) is 5.60 Å². The first-order valence-corrected chi connectivity index (χ1v) is 8.83. The molecule has 1 atom stereocenters. The van der Waals surface area contributed by atoms with Crippen molar-refractivity contribution < 1.29 is 4.74 Å². The van der Waals surface area contributed by atoms with E-state index in [0.29, 0.717) is 0 Å². The quantitative estimate of drug-likeness (QED) is 0.372. The molecule has 1 aliphatic heterocycles. The third kappa shape index (κ3) is 9.77. The lowest BCUT2D eigenvalue weighted by atomic mass is 9.89. The topological polar surface area (TPSA) is 9.23 Å². The van der Waals surface area contributed by atoms with Crippen LogP contribution in [0.5, 0.6) is 0 Å². The van der Waals surface area contributed by atoms with Crippen LogP contribution in [-0.4, -0.2) is 5.60 Å². The Hall–Kier alpha value is -0.720. The van der Waals surface area contributed by atoms with Crippen LogP contribution in [0.3, 0.4) is 0 Å². The first-order valence-electron chi connectivity index (χ1n) is 8.83. The number of rotatable bonds is 6. The molecule has 0 N–H and O–H groups in total. The highest BCUT2D eigenvalue weighted by Crippen LogP contribution is 2.34. The zero-order valence-corrected chi connectivity index (χ0v) is 15.6. The fourth-order valence-corrected chi connectivity index (χ4v) is 2.48. The summed E-state index contributed by atoms with van der Waals surface area (Å²) in [4.78, 5) is 0. The number of hydrogen-bond donors (Lipinski definition) is 0. The molecule has 1 nitrogen and oxygen atoms in total. The lowest BCUT2D eigenvalue weighted by molar-refractivity contribution is -0.00872. The van der Waals surface area contributed by atoms with E-state index in [0.717, 1.165) is 25.0 Å². The van der Waals surface area contributed by atoms with E-state index in [1.54, 1.807) is 0 Å². The number of unbranched alkanes of at least 4 members (excludes halogenated alkanes) is 3. The van der Waals surface area contributed by atoms with Crippen molar-refractivity contribution in [1.29, 1.82) is 0 Å². The van der Waals surface area contributed by atoms with Gasteiger partial charge in [0.15, 0.2) is 0 Å². The molecule has 124 valence electrons. The van der Waals surface area contributed by atoms with E-state index >= 15 is 0 Å². The molecule has 21 heavy (non-hydrogen) atoms. The predicted octanol–water partition coefficient (Wildman–Crippen LogP) is 7.18. The van der Waals surface area contributed by atoms with E-state index < -0.39 is 0 Å². The Labute approximate surface area is 133 Å². The van der Waals surface area contributed by atoms with Crippen molar-refractivity contribution in [3.8, 4) is 0 Å². The summed E-state index contributed by atoms with van der Waals surface area (Å²) in [5, 5.41) is 0. The van der Waals surface area contributed by atoms with Crippen LogP contribution in [0.1, 0.15) is 99.8 Å². The molecule has 1 unspecified atom stereocenters. The van der Waals surface area contributed by atoms with Crippen molar-refractivity contribution >= 4 is 0 Å². The molecule has 0 saturated heterocycles. The Morgan fingerprint density at radius 1 is 1.14 bits per heavy atom. The molecular weight excluding hydrogens is 256 g/mol. The van der Waals surface area contributed by atoms with E-state index in [9.17, 15) is 0 Å². The molecule has 1 heterocycles. The van der Waals surface area contributed by atoms with Gasteiger partial charge in [0.05, 0.1) is 5.76 Å². The van der Waals surface area contributed by atoms with Crippen molar-refractivity contribution in [1.82, 2.24) is 0 Å². The molecule has 0 aromatic rings. The fourth-order valence-electron chi connectivity index (χ4n) is 2.48. The maximum Gasteiger partial charge on any atom is 0.106 e. The largest absolute Gasteiger partial charge is 0.492 e. The number of hydrogen-bond acceptors (Lipinski definition) is 1. The Bertz CT molecular complexity index is 330. The van der Waals surface area contributed by atoms with Gasteiger partial charge in [-0.2, -0.15) is 0 Å². The Morgan fingerprint density at radius 2 is 1.71 bits per heavy atom. The standard InChI is InChI=1S/C14H24O.C6H14/c1-11(2)7-6-9-14(5)10-8-12(3)13(4)15-14;1-3-5-6-4-2/h7H,6,8-10H2,1-5H3;3-6H2,1-2H3. The van der Waals surface area contributed by atoms with Crippen LogP contribution in [-0.2, 0) is 4.74 Å². The zero-order chi connectivity index (χ0) is 16.3. The average molecular weight is 295 g/mol. The highest BCUT2D eigenvalue weighted by atomic mass is 16.5. The van der Waals surface area contributed by atoms with Crippen molar-refractivity contribution in [3.63, 3.8) is 0 Å². The molecule has 0 spiro atoms. The van der Waals surface area contributed by atoms with Crippen molar-refractivity contribution in [3.05, 3.63) is 23.0 Å². The monoisotopic (exact) mass is 294 g/mol. The van der Waals surface area contributed by atoms with Gasteiger partial charge in [0.2, 0.25) is 0 Å². The fraction of sp³-hybridized carbons (Fsp3) is 0.800. The first kappa shape index (κ1) is 20.3. The minimum Gasteiger partial charge on any atom is -0.492 e. The molecule has 1 heteroatoms. The maximum atomic E-state index is 6.02. The van der Waals surface area contributed by atoms with Crippen molar-refractivity contribution in [2.45, 2.75) is 105 Å². The summed E-state index contributed by atoms with van der Waals surface area (Å²) in [6, 6.07) is 0. The summed E-state index contributed by atoms with van der Waals surface area (Å²) in [6.07, 6.45) is 12.4. The highest BCUT2D eigenvalue weighted by Gasteiger charge is 2.29. The zero-order valence-electron chi connectivity index (χ0n) is 15.6. The van der Waals surface area contributed by atoms with Crippen molar-refractivity contribution in [2.75, 3.05) is 0 Å². The van der Waals surface area contributed by atoms with Crippen LogP contribution < -0.4 is 0 Å². The van der Waals surface area contributed by atoms with Crippen LogP contribution in [0.25, 0.3) is 0 Å². The number of ether oxygens (including phenoxy) is 1. The summed E-state index contributed by atoms with van der Waals surface area (Å²) < 4.78 is 6.02. The molecule has 0 saturated carbocycles.